The molecule has 0 heterocycles. The molecule has 0 radical (unpaired) electrons. The minimum Gasteiger partial charge on any atom is -0.478 e. The van der Waals surface area contributed by atoms with Crippen LogP contribution in [0.5, 0.6) is 0 Å². The van der Waals surface area contributed by atoms with Gasteiger partial charge in [-0.1, -0.05) is 0 Å². The Morgan fingerprint density at radius 1 is 1.38 bits per heavy atom. The number of benzene rings is 1. The van der Waals surface area contributed by atoms with Crippen LogP contribution in [0.2, 0.25) is 0 Å². The number of aromatic carboxylic acids is 1. The highest BCUT2D eigenvalue weighted by molar-refractivity contribution is 7.98. The number of rotatable bonds is 4. The molecule has 0 spiro atoms. The van der Waals surface area contributed by atoms with Crippen molar-refractivity contribution in [1.82, 2.24) is 0 Å². The molecule has 0 aliphatic rings. The number of carbonyl (C=O) groups is 2. The number of carboxylic acids is 1. The Morgan fingerprint density at radius 3 is 2.56 bits per heavy atom. The lowest BCUT2D eigenvalue weighted by atomic mass is 10.1. The lowest BCUT2D eigenvalue weighted by molar-refractivity contribution is 0.0514. The first kappa shape index (κ1) is 12.6. The number of hydrogen-bond donors (Lipinski definition) is 1. The van der Waals surface area contributed by atoms with Crippen LogP contribution in [0.25, 0.3) is 0 Å². The van der Waals surface area contributed by atoms with Crippen LogP contribution in [0.1, 0.15) is 27.6 Å². The van der Waals surface area contributed by atoms with Gasteiger partial charge in [-0.05, 0) is 31.4 Å². The third-order valence-electron chi connectivity index (χ3n) is 1.95. The van der Waals surface area contributed by atoms with Crippen LogP contribution in [0.15, 0.2) is 23.1 Å². The molecule has 4 nitrogen and oxygen atoms in total. The van der Waals surface area contributed by atoms with E-state index >= 15 is 0 Å². The molecule has 0 fully saturated rings. The van der Waals surface area contributed by atoms with E-state index in [1.54, 1.807) is 13.0 Å². The highest BCUT2D eigenvalue weighted by Crippen LogP contribution is 2.20. The predicted molar refractivity (Wildman–Crippen MR) is 61.1 cm³/mol. The Labute approximate surface area is 97.6 Å². The second kappa shape index (κ2) is 5.55. The maximum Gasteiger partial charge on any atom is 0.338 e. The van der Waals surface area contributed by atoms with Gasteiger partial charge in [0.2, 0.25) is 0 Å². The van der Waals surface area contributed by atoms with Gasteiger partial charge in [0.15, 0.2) is 0 Å². The molecule has 1 aromatic rings. The first-order chi connectivity index (χ1) is 7.60. The molecule has 16 heavy (non-hydrogen) atoms. The van der Waals surface area contributed by atoms with Crippen molar-refractivity contribution in [2.45, 2.75) is 11.8 Å². The van der Waals surface area contributed by atoms with E-state index in [-0.39, 0.29) is 17.7 Å². The molecule has 5 heteroatoms. The van der Waals surface area contributed by atoms with Gasteiger partial charge in [0, 0.05) is 4.90 Å². The summed E-state index contributed by atoms with van der Waals surface area (Å²) in [6, 6.07) is 4.65. The van der Waals surface area contributed by atoms with Crippen molar-refractivity contribution in [3.63, 3.8) is 0 Å². The summed E-state index contributed by atoms with van der Waals surface area (Å²) < 4.78 is 4.78. The standard InChI is InChI=1S/C11H12O4S/c1-3-15-11(14)8-5-4-7(16-2)6-9(8)10(12)13/h4-6H,3H2,1-2H3,(H,12,13). The molecule has 86 valence electrons. The van der Waals surface area contributed by atoms with Gasteiger partial charge in [-0.15, -0.1) is 11.8 Å². The van der Waals surface area contributed by atoms with Crippen molar-refractivity contribution in [2.75, 3.05) is 12.9 Å². The summed E-state index contributed by atoms with van der Waals surface area (Å²) in [5.41, 5.74) is 0.0671. The van der Waals surface area contributed by atoms with Gasteiger partial charge < -0.3 is 9.84 Å². The van der Waals surface area contributed by atoms with E-state index in [0.717, 1.165) is 4.90 Å². The van der Waals surface area contributed by atoms with Crippen molar-refractivity contribution >= 4 is 23.7 Å². The molecule has 1 rings (SSSR count). The lowest BCUT2D eigenvalue weighted by Crippen LogP contribution is -2.11. The minimum atomic E-state index is -1.13. The van der Waals surface area contributed by atoms with Crippen LogP contribution < -0.4 is 0 Å². The predicted octanol–water partition coefficient (Wildman–Crippen LogP) is 2.28. The van der Waals surface area contributed by atoms with E-state index in [2.05, 4.69) is 0 Å². The van der Waals surface area contributed by atoms with Gasteiger partial charge in [0.1, 0.15) is 0 Å². The fraction of sp³-hybridized carbons (Fsp3) is 0.273. The van der Waals surface area contributed by atoms with E-state index in [0.29, 0.717) is 0 Å². The fourth-order valence-corrected chi connectivity index (χ4v) is 1.65. The van der Waals surface area contributed by atoms with Crippen molar-refractivity contribution in [3.8, 4) is 0 Å². The second-order valence-electron chi connectivity index (χ2n) is 2.94. The maximum absolute atomic E-state index is 11.5. The van der Waals surface area contributed by atoms with Crippen molar-refractivity contribution in [1.29, 1.82) is 0 Å². The molecular formula is C11H12O4S. The van der Waals surface area contributed by atoms with Crippen LogP contribution >= 0.6 is 11.8 Å². The number of esters is 1. The summed E-state index contributed by atoms with van der Waals surface area (Å²) in [6.07, 6.45) is 1.84. The third-order valence-corrected chi connectivity index (χ3v) is 2.68. The van der Waals surface area contributed by atoms with Gasteiger partial charge in [-0.25, -0.2) is 9.59 Å². The smallest absolute Gasteiger partial charge is 0.338 e. The highest BCUT2D eigenvalue weighted by atomic mass is 32.2. The third kappa shape index (κ3) is 2.76. The van der Waals surface area contributed by atoms with E-state index in [9.17, 15) is 9.59 Å². The number of ether oxygens (including phenoxy) is 1. The Balaban J connectivity index is 3.17. The first-order valence-corrected chi connectivity index (χ1v) is 5.91. The molecule has 1 N–H and O–H groups in total. The Bertz CT molecular complexity index is 414. The minimum absolute atomic E-state index is 0.0229. The summed E-state index contributed by atoms with van der Waals surface area (Å²) in [6.45, 7) is 1.90. The largest absolute Gasteiger partial charge is 0.478 e. The number of carboxylic acid groups (broad SMARTS) is 1. The normalized spacial score (nSPS) is 9.88. The first-order valence-electron chi connectivity index (χ1n) is 4.68. The fourth-order valence-electron chi connectivity index (χ4n) is 1.21. The van der Waals surface area contributed by atoms with E-state index in [1.807, 2.05) is 6.26 Å². The Morgan fingerprint density at radius 2 is 2.06 bits per heavy atom. The van der Waals surface area contributed by atoms with Gasteiger partial charge in [-0.2, -0.15) is 0 Å². The van der Waals surface area contributed by atoms with Crippen LogP contribution in [0.3, 0.4) is 0 Å². The zero-order valence-electron chi connectivity index (χ0n) is 9.02. The van der Waals surface area contributed by atoms with Crippen LogP contribution in [0.4, 0.5) is 0 Å². The van der Waals surface area contributed by atoms with Gasteiger partial charge in [0.25, 0.3) is 0 Å². The van der Waals surface area contributed by atoms with Crippen LogP contribution in [-0.4, -0.2) is 29.9 Å². The van der Waals surface area contributed by atoms with Crippen molar-refractivity contribution in [2.24, 2.45) is 0 Å². The topological polar surface area (TPSA) is 63.6 Å². The molecule has 1 aromatic carbocycles. The van der Waals surface area contributed by atoms with Crippen molar-refractivity contribution < 1.29 is 19.4 Å². The molecule has 0 saturated carbocycles. The monoisotopic (exact) mass is 240 g/mol. The quantitative estimate of drug-likeness (QED) is 0.646. The molecule has 0 unspecified atom stereocenters. The lowest BCUT2D eigenvalue weighted by Gasteiger charge is -2.06. The summed E-state index contributed by atoms with van der Waals surface area (Å²) in [4.78, 5) is 23.3. The molecule has 0 saturated heterocycles. The zero-order valence-corrected chi connectivity index (χ0v) is 9.84. The molecule has 0 aliphatic carbocycles. The highest BCUT2D eigenvalue weighted by Gasteiger charge is 2.17. The SMILES string of the molecule is CCOC(=O)c1ccc(SC)cc1C(=O)O. The van der Waals surface area contributed by atoms with Gasteiger partial charge in [0.05, 0.1) is 17.7 Å². The van der Waals surface area contributed by atoms with E-state index < -0.39 is 11.9 Å². The Kier molecular flexibility index (Phi) is 4.37. The Hall–Kier alpha value is -1.49. The second-order valence-corrected chi connectivity index (χ2v) is 3.82. The molecule has 0 bridgehead atoms. The average Bonchev–Trinajstić information content (AvgIpc) is 2.28. The van der Waals surface area contributed by atoms with Gasteiger partial charge in [-0.3, -0.25) is 0 Å². The molecule has 0 aromatic heterocycles. The number of hydrogen-bond acceptors (Lipinski definition) is 4. The van der Waals surface area contributed by atoms with Crippen molar-refractivity contribution in [3.05, 3.63) is 29.3 Å². The maximum atomic E-state index is 11.5. The summed E-state index contributed by atoms with van der Waals surface area (Å²) in [5.74, 6) is -1.73. The summed E-state index contributed by atoms with van der Waals surface area (Å²) >= 11 is 1.42. The number of thioether (sulfide) groups is 1. The number of carbonyl (C=O) groups excluding carboxylic acids is 1. The molecule has 0 amide bonds. The molecule has 0 aliphatic heterocycles. The molecular weight excluding hydrogens is 228 g/mol. The summed E-state index contributed by atoms with van der Waals surface area (Å²) in [7, 11) is 0. The molecule has 0 atom stereocenters. The van der Waals surface area contributed by atoms with E-state index in [1.165, 1.54) is 23.9 Å². The summed E-state index contributed by atoms with van der Waals surface area (Å²) in [5, 5.41) is 8.99. The van der Waals surface area contributed by atoms with E-state index in [4.69, 9.17) is 9.84 Å². The van der Waals surface area contributed by atoms with Crippen LogP contribution in [-0.2, 0) is 4.74 Å². The van der Waals surface area contributed by atoms with Crippen LogP contribution in [0, 0.1) is 0 Å². The zero-order chi connectivity index (χ0) is 12.1. The average molecular weight is 240 g/mol. The van der Waals surface area contributed by atoms with Gasteiger partial charge >= 0.3 is 11.9 Å².